The standard InChI is InChI=1S/C12H13FO5/c1-17-12(16)7-10(15)9-6-8(13)2-3-11(9)18-5-4-14/h2-3,6,14H,4-5,7H2,1H3. The zero-order valence-corrected chi connectivity index (χ0v) is 9.81. The van der Waals surface area contributed by atoms with Gasteiger partial charge in [-0.1, -0.05) is 0 Å². The van der Waals surface area contributed by atoms with Crippen LogP contribution in [0.5, 0.6) is 5.75 Å². The van der Waals surface area contributed by atoms with Crippen LogP contribution in [0.4, 0.5) is 4.39 Å². The molecule has 0 aliphatic rings. The number of hydrogen-bond donors (Lipinski definition) is 1. The molecule has 0 saturated carbocycles. The number of carbonyl (C=O) groups excluding carboxylic acids is 2. The molecule has 0 amide bonds. The van der Waals surface area contributed by atoms with Gasteiger partial charge in [-0.15, -0.1) is 0 Å². The van der Waals surface area contributed by atoms with Crippen LogP contribution >= 0.6 is 0 Å². The van der Waals surface area contributed by atoms with Crippen LogP contribution in [-0.4, -0.2) is 37.2 Å². The number of Topliss-reactive ketones (excluding diaryl/α,β-unsaturated/α-hetero) is 1. The van der Waals surface area contributed by atoms with Crippen LogP contribution in [0.1, 0.15) is 16.8 Å². The lowest BCUT2D eigenvalue weighted by Crippen LogP contribution is -2.12. The molecule has 0 aliphatic carbocycles. The number of esters is 1. The van der Waals surface area contributed by atoms with Crippen LogP contribution in [0, 0.1) is 5.82 Å². The van der Waals surface area contributed by atoms with E-state index in [1.54, 1.807) is 0 Å². The first-order valence-electron chi connectivity index (χ1n) is 5.21. The third kappa shape index (κ3) is 3.81. The number of methoxy groups -OCH3 is 1. The second kappa shape index (κ2) is 6.70. The van der Waals surface area contributed by atoms with Crippen LogP contribution in [0.15, 0.2) is 18.2 Å². The Balaban J connectivity index is 2.93. The van der Waals surface area contributed by atoms with Gasteiger partial charge in [-0.05, 0) is 18.2 Å². The Labute approximate surface area is 103 Å². The van der Waals surface area contributed by atoms with Gasteiger partial charge in [0.2, 0.25) is 0 Å². The molecule has 0 aliphatic heterocycles. The Bertz CT molecular complexity index is 444. The zero-order valence-electron chi connectivity index (χ0n) is 9.81. The maximum Gasteiger partial charge on any atom is 0.313 e. The molecule has 18 heavy (non-hydrogen) atoms. The van der Waals surface area contributed by atoms with E-state index < -0.39 is 24.0 Å². The van der Waals surface area contributed by atoms with E-state index >= 15 is 0 Å². The van der Waals surface area contributed by atoms with Crippen molar-refractivity contribution in [1.82, 2.24) is 0 Å². The predicted molar refractivity (Wildman–Crippen MR) is 59.9 cm³/mol. The molecule has 0 spiro atoms. The molecule has 1 aromatic carbocycles. The summed E-state index contributed by atoms with van der Waals surface area (Å²) in [5.41, 5.74) is -0.0474. The van der Waals surface area contributed by atoms with Gasteiger partial charge in [0, 0.05) is 0 Å². The number of hydrogen-bond acceptors (Lipinski definition) is 5. The summed E-state index contributed by atoms with van der Waals surface area (Å²) in [6, 6.07) is 3.38. The Morgan fingerprint density at radius 3 is 2.72 bits per heavy atom. The van der Waals surface area contributed by atoms with Gasteiger partial charge < -0.3 is 14.6 Å². The van der Waals surface area contributed by atoms with Crippen molar-refractivity contribution in [3.8, 4) is 5.75 Å². The van der Waals surface area contributed by atoms with Crippen molar-refractivity contribution in [2.24, 2.45) is 0 Å². The van der Waals surface area contributed by atoms with E-state index in [0.717, 1.165) is 19.2 Å². The number of carbonyl (C=O) groups is 2. The summed E-state index contributed by atoms with van der Waals surface area (Å²) in [5.74, 6) is -1.80. The molecule has 0 radical (unpaired) electrons. The van der Waals surface area contributed by atoms with Crippen molar-refractivity contribution in [1.29, 1.82) is 0 Å². The molecule has 0 bridgehead atoms. The number of ether oxygens (including phenoxy) is 2. The van der Waals surface area contributed by atoms with Crippen LogP contribution < -0.4 is 4.74 Å². The number of benzene rings is 1. The highest BCUT2D eigenvalue weighted by Crippen LogP contribution is 2.21. The molecular weight excluding hydrogens is 243 g/mol. The summed E-state index contributed by atoms with van der Waals surface area (Å²) in [5, 5.41) is 8.64. The van der Waals surface area contributed by atoms with Crippen molar-refractivity contribution in [3.63, 3.8) is 0 Å². The first-order chi connectivity index (χ1) is 8.58. The fraction of sp³-hybridized carbons (Fsp3) is 0.333. The third-order valence-corrected chi connectivity index (χ3v) is 2.12. The van der Waals surface area contributed by atoms with Gasteiger partial charge >= 0.3 is 5.97 Å². The first-order valence-corrected chi connectivity index (χ1v) is 5.21. The monoisotopic (exact) mass is 256 g/mol. The van der Waals surface area contributed by atoms with E-state index in [1.165, 1.54) is 6.07 Å². The molecule has 5 nitrogen and oxygen atoms in total. The summed E-state index contributed by atoms with van der Waals surface area (Å²) >= 11 is 0. The highest BCUT2D eigenvalue weighted by Gasteiger charge is 2.17. The Morgan fingerprint density at radius 2 is 2.11 bits per heavy atom. The second-order valence-electron chi connectivity index (χ2n) is 3.39. The molecule has 1 rings (SSSR count). The zero-order chi connectivity index (χ0) is 13.5. The van der Waals surface area contributed by atoms with Gasteiger partial charge in [-0.25, -0.2) is 4.39 Å². The Kier molecular flexibility index (Phi) is 5.26. The largest absolute Gasteiger partial charge is 0.490 e. The quantitative estimate of drug-likeness (QED) is 0.466. The van der Waals surface area contributed by atoms with Gasteiger partial charge in [-0.3, -0.25) is 9.59 Å². The van der Waals surface area contributed by atoms with Gasteiger partial charge in [0.1, 0.15) is 24.6 Å². The van der Waals surface area contributed by atoms with E-state index in [4.69, 9.17) is 9.84 Å². The van der Waals surface area contributed by atoms with Gasteiger partial charge in [0.05, 0.1) is 19.3 Å². The lowest BCUT2D eigenvalue weighted by molar-refractivity contribution is -0.139. The molecule has 0 saturated heterocycles. The average molecular weight is 256 g/mol. The fourth-order valence-electron chi connectivity index (χ4n) is 1.30. The smallest absolute Gasteiger partial charge is 0.313 e. The van der Waals surface area contributed by atoms with Crippen molar-refractivity contribution in [3.05, 3.63) is 29.6 Å². The fourth-order valence-corrected chi connectivity index (χ4v) is 1.30. The molecular formula is C12H13FO5. The third-order valence-electron chi connectivity index (χ3n) is 2.12. The number of halogens is 1. The predicted octanol–water partition coefficient (Wildman–Crippen LogP) is 0.943. The number of ketones is 1. The molecule has 1 aromatic rings. The number of aliphatic hydroxyl groups is 1. The summed E-state index contributed by atoms with van der Waals surface area (Å²) < 4.78 is 22.5. The van der Waals surface area contributed by atoms with Crippen molar-refractivity contribution >= 4 is 11.8 Å². The summed E-state index contributed by atoms with van der Waals surface area (Å²) in [7, 11) is 1.16. The molecule has 0 heterocycles. The summed E-state index contributed by atoms with van der Waals surface area (Å²) in [6.07, 6.45) is -0.491. The van der Waals surface area contributed by atoms with E-state index in [0.29, 0.717) is 0 Å². The highest BCUT2D eigenvalue weighted by molar-refractivity contribution is 6.07. The van der Waals surface area contributed by atoms with Crippen LogP contribution in [-0.2, 0) is 9.53 Å². The lowest BCUT2D eigenvalue weighted by Gasteiger charge is -2.09. The average Bonchev–Trinajstić information content (AvgIpc) is 2.36. The van der Waals surface area contributed by atoms with E-state index in [9.17, 15) is 14.0 Å². The van der Waals surface area contributed by atoms with Crippen molar-refractivity contribution < 1.29 is 28.6 Å². The van der Waals surface area contributed by atoms with E-state index in [-0.39, 0.29) is 24.5 Å². The molecule has 1 N–H and O–H groups in total. The maximum absolute atomic E-state index is 13.1. The molecule has 0 fully saturated rings. The Hall–Kier alpha value is -1.95. The molecule has 0 aromatic heterocycles. The van der Waals surface area contributed by atoms with Gasteiger partial charge in [0.15, 0.2) is 5.78 Å². The van der Waals surface area contributed by atoms with E-state index in [1.807, 2.05) is 0 Å². The molecule has 0 unspecified atom stereocenters. The lowest BCUT2D eigenvalue weighted by atomic mass is 10.1. The van der Waals surface area contributed by atoms with Gasteiger partial charge in [-0.2, -0.15) is 0 Å². The van der Waals surface area contributed by atoms with Crippen LogP contribution in [0.3, 0.4) is 0 Å². The minimum Gasteiger partial charge on any atom is -0.490 e. The molecule has 98 valence electrons. The van der Waals surface area contributed by atoms with Crippen LogP contribution in [0.2, 0.25) is 0 Å². The van der Waals surface area contributed by atoms with Gasteiger partial charge in [0.25, 0.3) is 0 Å². The summed E-state index contributed by atoms with van der Waals surface area (Å²) in [6.45, 7) is -0.258. The normalized spacial score (nSPS) is 9.94. The topological polar surface area (TPSA) is 72.8 Å². The first kappa shape index (κ1) is 14.1. The minimum absolute atomic E-state index is 0.0237. The van der Waals surface area contributed by atoms with Crippen molar-refractivity contribution in [2.75, 3.05) is 20.3 Å². The molecule has 6 heteroatoms. The SMILES string of the molecule is COC(=O)CC(=O)c1cc(F)ccc1OCCO. The highest BCUT2D eigenvalue weighted by atomic mass is 19.1. The van der Waals surface area contributed by atoms with E-state index in [2.05, 4.69) is 4.74 Å². The maximum atomic E-state index is 13.1. The second-order valence-corrected chi connectivity index (χ2v) is 3.39. The Morgan fingerprint density at radius 1 is 1.39 bits per heavy atom. The summed E-state index contributed by atoms with van der Waals surface area (Å²) in [4.78, 5) is 22.7. The van der Waals surface area contributed by atoms with Crippen molar-refractivity contribution in [2.45, 2.75) is 6.42 Å². The number of rotatable bonds is 6. The molecule has 0 atom stereocenters. The number of aliphatic hydroxyl groups excluding tert-OH is 1. The minimum atomic E-state index is -0.711. The van der Waals surface area contributed by atoms with Crippen LogP contribution in [0.25, 0.3) is 0 Å².